The summed E-state index contributed by atoms with van der Waals surface area (Å²) in [6.07, 6.45) is 60.5. The average molecular weight is 668 g/mol. The highest BCUT2D eigenvalue weighted by molar-refractivity contribution is 6.17. The normalized spacial score (nSPS) is 24.6. The zero-order valence-corrected chi connectivity index (χ0v) is 29.7. The van der Waals surface area contributed by atoms with Crippen molar-refractivity contribution in [1.29, 1.82) is 5.41 Å². The lowest BCUT2D eigenvalue weighted by Gasteiger charge is -2.24. The van der Waals surface area contributed by atoms with E-state index >= 15 is 0 Å². The quantitative estimate of drug-likeness (QED) is 0.135. The molecular formula is C48H49N3. The van der Waals surface area contributed by atoms with Crippen molar-refractivity contribution in [3.05, 3.63) is 204 Å². The molecule has 0 saturated heterocycles. The fourth-order valence-corrected chi connectivity index (χ4v) is 6.86. The SMILES string of the molecule is C=C(/C=C\C=C\C1C=CC=C2C=CC=CC21)C(=N)/N=C(\C=C\C1C=CC(c2cccnc2)=CC1)C1=CCC(C2=CCCC(/C=C\CCC)=C2)C=C1. The number of fused-ring (bicyclic) bond motifs is 1. The van der Waals surface area contributed by atoms with Gasteiger partial charge in [0.25, 0.3) is 0 Å². The number of nitrogens with zero attached hydrogens (tertiary/aromatic N) is 2. The summed E-state index contributed by atoms with van der Waals surface area (Å²) in [7, 11) is 0. The zero-order chi connectivity index (χ0) is 35.3. The summed E-state index contributed by atoms with van der Waals surface area (Å²) in [6.45, 7) is 6.42. The molecule has 1 heterocycles. The fraction of sp³-hybridized carbons (Fsp3) is 0.229. The highest BCUT2D eigenvalue weighted by atomic mass is 14.8. The number of allylic oxidation sites excluding steroid dienone is 27. The Balaban J connectivity index is 1.15. The Kier molecular flexibility index (Phi) is 12.5. The van der Waals surface area contributed by atoms with E-state index in [1.165, 1.54) is 28.7 Å². The van der Waals surface area contributed by atoms with E-state index in [0.717, 1.165) is 49.0 Å². The third-order valence-electron chi connectivity index (χ3n) is 9.82. The molecule has 5 aliphatic rings. The minimum atomic E-state index is 0.165. The number of pyridine rings is 1. The Morgan fingerprint density at radius 2 is 1.90 bits per heavy atom. The largest absolute Gasteiger partial charge is 0.282 e. The van der Waals surface area contributed by atoms with Gasteiger partial charge in [0.1, 0.15) is 0 Å². The van der Waals surface area contributed by atoms with Crippen molar-refractivity contribution in [3.63, 3.8) is 0 Å². The highest BCUT2D eigenvalue weighted by Crippen LogP contribution is 2.33. The van der Waals surface area contributed by atoms with Crippen LogP contribution in [-0.4, -0.2) is 16.5 Å². The second-order valence-electron chi connectivity index (χ2n) is 13.5. The third-order valence-corrected chi connectivity index (χ3v) is 9.82. The number of hydrogen-bond acceptors (Lipinski definition) is 2. The molecule has 3 nitrogen and oxygen atoms in total. The highest BCUT2D eigenvalue weighted by Gasteiger charge is 2.20. The van der Waals surface area contributed by atoms with E-state index in [0.29, 0.717) is 23.3 Å². The standard InChI is InChI=1S/C48H49N3/c1-3-4-5-14-38-15-10-20-44(34-38)39-28-30-43(31-29-39)47(32-25-37-23-26-40(27-24-37)45-21-12-33-50-35-45)51-48(49)36(2)13-6-7-16-41-18-11-19-42-17-8-9-22-46(41)42/h5-9,11-14,16-23,25-28,30-35,37,39,41,46,49H,2-4,10,15,24,29H2,1H3/b13-6-,14-5-,16-7+,32-25+,49-48?,51-47+. The predicted molar refractivity (Wildman–Crippen MR) is 218 cm³/mol. The molecule has 6 rings (SSSR count). The van der Waals surface area contributed by atoms with Gasteiger partial charge in [-0.2, -0.15) is 0 Å². The second-order valence-corrected chi connectivity index (χ2v) is 13.5. The van der Waals surface area contributed by atoms with Crippen molar-refractivity contribution in [1.82, 2.24) is 4.98 Å². The van der Waals surface area contributed by atoms with Gasteiger partial charge in [-0.25, -0.2) is 4.99 Å². The summed E-state index contributed by atoms with van der Waals surface area (Å²) in [6, 6.07) is 4.07. The number of aromatic nitrogens is 1. The van der Waals surface area contributed by atoms with Gasteiger partial charge in [-0.3, -0.25) is 10.4 Å². The summed E-state index contributed by atoms with van der Waals surface area (Å²) < 4.78 is 0. The molecule has 0 spiro atoms. The zero-order valence-electron chi connectivity index (χ0n) is 29.7. The van der Waals surface area contributed by atoms with Gasteiger partial charge in [0.2, 0.25) is 0 Å². The summed E-state index contributed by atoms with van der Waals surface area (Å²) in [4.78, 5) is 9.13. The monoisotopic (exact) mass is 667 g/mol. The van der Waals surface area contributed by atoms with Crippen LogP contribution in [0.4, 0.5) is 0 Å². The van der Waals surface area contributed by atoms with Crippen LogP contribution in [0, 0.1) is 29.1 Å². The molecule has 0 bridgehead atoms. The molecule has 0 radical (unpaired) electrons. The molecule has 0 saturated carbocycles. The molecule has 1 aromatic rings. The van der Waals surface area contributed by atoms with Crippen molar-refractivity contribution in [2.45, 2.75) is 45.4 Å². The molecule has 256 valence electrons. The Morgan fingerprint density at radius 1 is 0.961 bits per heavy atom. The van der Waals surface area contributed by atoms with Crippen LogP contribution < -0.4 is 0 Å². The first-order valence-electron chi connectivity index (χ1n) is 18.4. The topological polar surface area (TPSA) is 49.1 Å². The molecule has 0 amide bonds. The van der Waals surface area contributed by atoms with E-state index in [-0.39, 0.29) is 11.8 Å². The summed E-state index contributed by atoms with van der Waals surface area (Å²) in [5.41, 5.74) is 8.89. The van der Waals surface area contributed by atoms with E-state index in [9.17, 15) is 0 Å². The van der Waals surface area contributed by atoms with Gasteiger partial charge >= 0.3 is 0 Å². The molecule has 1 N–H and O–H groups in total. The molecule has 5 aliphatic carbocycles. The van der Waals surface area contributed by atoms with Gasteiger partial charge in [0, 0.05) is 35.7 Å². The van der Waals surface area contributed by atoms with Crippen LogP contribution in [0.15, 0.2) is 204 Å². The molecule has 4 unspecified atom stereocenters. The van der Waals surface area contributed by atoms with Crippen molar-refractivity contribution >= 4 is 17.1 Å². The van der Waals surface area contributed by atoms with Crippen LogP contribution in [0.25, 0.3) is 5.57 Å². The Bertz CT molecular complexity index is 1930. The van der Waals surface area contributed by atoms with Gasteiger partial charge in [0.05, 0.1) is 5.71 Å². The van der Waals surface area contributed by atoms with Crippen LogP contribution in [0.1, 0.15) is 51.0 Å². The lowest BCUT2D eigenvalue weighted by atomic mass is 9.80. The fourth-order valence-electron chi connectivity index (χ4n) is 6.86. The van der Waals surface area contributed by atoms with Crippen molar-refractivity contribution < 1.29 is 0 Å². The number of hydrogen-bond donors (Lipinski definition) is 1. The summed E-state index contributed by atoms with van der Waals surface area (Å²) in [5.74, 6) is 1.43. The van der Waals surface area contributed by atoms with E-state index in [1.807, 2.05) is 24.4 Å². The molecule has 51 heavy (non-hydrogen) atoms. The predicted octanol–water partition coefficient (Wildman–Crippen LogP) is 12.0. The van der Waals surface area contributed by atoms with Gasteiger partial charge in [-0.05, 0) is 83.6 Å². The molecular weight excluding hydrogens is 619 g/mol. The van der Waals surface area contributed by atoms with E-state index in [2.05, 4.69) is 152 Å². The second kappa shape index (κ2) is 18.0. The van der Waals surface area contributed by atoms with Gasteiger partial charge in [0.15, 0.2) is 5.84 Å². The maximum absolute atomic E-state index is 8.90. The van der Waals surface area contributed by atoms with E-state index < -0.39 is 0 Å². The van der Waals surface area contributed by atoms with Crippen molar-refractivity contribution in [2.24, 2.45) is 28.7 Å². The first-order valence-corrected chi connectivity index (χ1v) is 18.4. The van der Waals surface area contributed by atoms with Crippen LogP contribution in [0.3, 0.4) is 0 Å². The number of unbranched alkanes of at least 4 members (excludes halogenated alkanes) is 1. The molecule has 4 atom stereocenters. The summed E-state index contributed by atoms with van der Waals surface area (Å²) >= 11 is 0. The van der Waals surface area contributed by atoms with Crippen molar-refractivity contribution in [2.75, 3.05) is 0 Å². The van der Waals surface area contributed by atoms with Crippen LogP contribution >= 0.6 is 0 Å². The Morgan fingerprint density at radius 3 is 2.71 bits per heavy atom. The maximum atomic E-state index is 8.90. The average Bonchev–Trinajstić information content (AvgIpc) is 3.19. The number of aliphatic imine (C=N–C) groups is 1. The van der Waals surface area contributed by atoms with Crippen molar-refractivity contribution in [3.8, 4) is 0 Å². The molecule has 1 aromatic heterocycles. The Labute approximate surface area is 305 Å². The van der Waals surface area contributed by atoms with Crippen LogP contribution in [-0.2, 0) is 0 Å². The van der Waals surface area contributed by atoms with Crippen LogP contribution in [0.2, 0.25) is 0 Å². The van der Waals surface area contributed by atoms with Crippen LogP contribution in [0.5, 0.6) is 0 Å². The number of amidine groups is 1. The molecule has 0 fully saturated rings. The summed E-state index contributed by atoms with van der Waals surface area (Å²) in [5, 5.41) is 8.90. The molecule has 0 aliphatic heterocycles. The molecule has 3 heteroatoms. The van der Waals surface area contributed by atoms with E-state index in [1.54, 1.807) is 6.20 Å². The smallest absolute Gasteiger partial charge is 0.151 e. The lowest BCUT2D eigenvalue weighted by Crippen LogP contribution is -2.14. The number of nitrogens with one attached hydrogen (secondary N) is 1. The third kappa shape index (κ3) is 9.86. The maximum Gasteiger partial charge on any atom is 0.151 e. The lowest BCUT2D eigenvalue weighted by molar-refractivity contribution is 0.640. The number of rotatable bonds is 12. The minimum Gasteiger partial charge on any atom is -0.282 e. The van der Waals surface area contributed by atoms with Gasteiger partial charge < -0.3 is 0 Å². The Hall–Kier alpha value is -5.41. The first kappa shape index (κ1) is 35.4. The van der Waals surface area contributed by atoms with Gasteiger partial charge in [-0.1, -0.05) is 160 Å². The van der Waals surface area contributed by atoms with E-state index in [4.69, 9.17) is 10.4 Å². The van der Waals surface area contributed by atoms with Gasteiger partial charge in [-0.15, -0.1) is 0 Å². The first-order chi connectivity index (χ1) is 25.1. The minimum absolute atomic E-state index is 0.165. The molecule has 0 aromatic carbocycles.